The fraction of sp³-hybridized carbons (Fsp3) is 0.154. The first-order chi connectivity index (χ1) is 16.2. The Hall–Kier alpha value is -3.97. The van der Waals surface area contributed by atoms with Crippen LogP contribution in [-0.2, 0) is 4.74 Å². The lowest BCUT2D eigenvalue weighted by atomic mass is 10.1. The molecular formula is C26H22FN3O3. The molecule has 4 aromatic rings. The van der Waals surface area contributed by atoms with E-state index in [1.54, 1.807) is 36.5 Å². The van der Waals surface area contributed by atoms with Gasteiger partial charge in [-0.1, -0.05) is 42.5 Å². The first-order valence-corrected chi connectivity index (χ1v) is 10.7. The van der Waals surface area contributed by atoms with Crippen LogP contribution in [0.3, 0.4) is 0 Å². The van der Waals surface area contributed by atoms with Gasteiger partial charge in [0.1, 0.15) is 5.82 Å². The molecule has 6 nitrogen and oxygen atoms in total. The molecule has 33 heavy (non-hydrogen) atoms. The van der Waals surface area contributed by atoms with Crippen LogP contribution in [0.5, 0.6) is 0 Å². The number of carbonyl (C=O) groups excluding carboxylic acids is 1. The van der Waals surface area contributed by atoms with Crippen molar-refractivity contribution >= 4 is 17.3 Å². The molecule has 1 amide bonds. The first kappa shape index (κ1) is 20.9. The first-order valence-electron chi connectivity index (χ1n) is 10.7. The van der Waals surface area contributed by atoms with Gasteiger partial charge in [0.15, 0.2) is 5.76 Å². The third-order valence-electron chi connectivity index (χ3n) is 5.52. The van der Waals surface area contributed by atoms with Crippen LogP contribution < -0.4 is 10.2 Å². The highest BCUT2D eigenvalue weighted by Crippen LogP contribution is 2.29. The number of aromatic nitrogens is 1. The van der Waals surface area contributed by atoms with E-state index in [0.29, 0.717) is 60.5 Å². The summed E-state index contributed by atoms with van der Waals surface area (Å²) in [5.41, 5.74) is 2.72. The van der Waals surface area contributed by atoms with Crippen molar-refractivity contribution in [2.24, 2.45) is 0 Å². The maximum absolute atomic E-state index is 14.7. The third-order valence-corrected chi connectivity index (χ3v) is 5.52. The van der Waals surface area contributed by atoms with Crippen molar-refractivity contribution in [3.05, 3.63) is 90.4 Å². The molecular weight excluding hydrogens is 421 g/mol. The summed E-state index contributed by atoms with van der Waals surface area (Å²) in [7, 11) is 0. The van der Waals surface area contributed by atoms with Gasteiger partial charge in [-0.2, -0.15) is 0 Å². The van der Waals surface area contributed by atoms with E-state index in [9.17, 15) is 9.18 Å². The fourth-order valence-corrected chi connectivity index (χ4v) is 3.85. The second-order valence-corrected chi connectivity index (χ2v) is 7.66. The zero-order chi connectivity index (χ0) is 22.6. The molecule has 5 rings (SSSR count). The van der Waals surface area contributed by atoms with E-state index in [1.165, 1.54) is 6.07 Å². The molecule has 0 spiro atoms. The van der Waals surface area contributed by atoms with Gasteiger partial charge in [-0.25, -0.2) is 9.37 Å². The van der Waals surface area contributed by atoms with Gasteiger partial charge in [0.05, 0.1) is 30.7 Å². The molecule has 0 bridgehead atoms. The minimum Gasteiger partial charge on any atom is -0.436 e. The third kappa shape index (κ3) is 4.49. The summed E-state index contributed by atoms with van der Waals surface area (Å²) in [5.74, 6) is 0.196. The molecule has 2 heterocycles. The average molecular weight is 443 g/mol. The molecule has 1 N–H and O–H groups in total. The van der Waals surface area contributed by atoms with Crippen LogP contribution in [0.25, 0.3) is 22.8 Å². The molecule has 0 atom stereocenters. The standard InChI is InChI=1S/C26H22FN3O3/c27-22-16-19(10-11-23(22)30-12-14-32-15-13-30)29-25(31)20-8-4-5-9-21(20)26-28-17-24(33-26)18-6-2-1-3-7-18/h1-11,16-17H,12-15H2,(H,29,31). The molecule has 0 saturated carbocycles. The van der Waals surface area contributed by atoms with Crippen LogP contribution in [0.2, 0.25) is 0 Å². The van der Waals surface area contributed by atoms with Gasteiger partial charge in [0.2, 0.25) is 5.89 Å². The molecule has 1 fully saturated rings. The molecule has 3 aromatic carbocycles. The molecule has 0 radical (unpaired) electrons. The Kier molecular flexibility index (Phi) is 5.87. The maximum atomic E-state index is 14.7. The number of oxazole rings is 1. The number of benzene rings is 3. The maximum Gasteiger partial charge on any atom is 0.256 e. The number of rotatable bonds is 5. The van der Waals surface area contributed by atoms with Crippen molar-refractivity contribution < 1.29 is 18.3 Å². The molecule has 1 saturated heterocycles. The summed E-state index contributed by atoms with van der Waals surface area (Å²) in [6.07, 6.45) is 1.64. The summed E-state index contributed by atoms with van der Waals surface area (Å²) >= 11 is 0. The highest BCUT2D eigenvalue weighted by atomic mass is 19.1. The van der Waals surface area contributed by atoms with Crippen LogP contribution in [0, 0.1) is 5.82 Å². The van der Waals surface area contributed by atoms with Crippen molar-refractivity contribution in [1.29, 1.82) is 0 Å². The van der Waals surface area contributed by atoms with Gasteiger partial charge >= 0.3 is 0 Å². The Balaban J connectivity index is 1.37. The topological polar surface area (TPSA) is 67.6 Å². The number of hydrogen-bond donors (Lipinski definition) is 1. The van der Waals surface area contributed by atoms with E-state index in [0.717, 1.165) is 5.56 Å². The van der Waals surface area contributed by atoms with Crippen LogP contribution in [0.15, 0.2) is 83.4 Å². The van der Waals surface area contributed by atoms with E-state index < -0.39 is 0 Å². The van der Waals surface area contributed by atoms with Crippen molar-refractivity contribution in [2.45, 2.75) is 0 Å². The van der Waals surface area contributed by atoms with Crippen LogP contribution in [0.1, 0.15) is 10.4 Å². The molecule has 0 unspecified atom stereocenters. The highest BCUT2D eigenvalue weighted by Gasteiger charge is 2.19. The second kappa shape index (κ2) is 9.26. The number of anilines is 2. The smallest absolute Gasteiger partial charge is 0.256 e. The lowest BCUT2D eigenvalue weighted by molar-refractivity contribution is 0.102. The second-order valence-electron chi connectivity index (χ2n) is 7.66. The molecule has 0 aliphatic carbocycles. The van der Waals surface area contributed by atoms with Gasteiger partial charge in [-0.05, 0) is 30.3 Å². The Morgan fingerprint density at radius 2 is 1.73 bits per heavy atom. The van der Waals surface area contributed by atoms with E-state index in [2.05, 4.69) is 10.3 Å². The summed E-state index contributed by atoms with van der Waals surface area (Å²) in [4.78, 5) is 19.4. The van der Waals surface area contributed by atoms with Gasteiger partial charge in [-0.15, -0.1) is 0 Å². The largest absolute Gasteiger partial charge is 0.436 e. The minimum atomic E-state index is -0.386. The number of halogens is 1. The Bertz CT molecular complexity index is 1270. The molecule has 1 aromatic heterocycles. The fourth-order valence-electron chi connectivity index (χ4n) is 3.85. The number of nitrogens with one attached hydrogen (secondary N) is 1. The highest BCUT2D eigenvalue weighted by molar-refractivity contribution is 6.08. The van der Waals surface area contributed by atoms with Gasteiger partial charge < -0.3 is 19.4 Å². The molecule has 7 heteroatoms. The Morgan fingerprint density at radius 1 is 0.970 bits per heavy atom. The summed E-state index contributed by atoms with van der Waals surface area (Å²) in [5, 5.41) is 2.79. The molecule has 166 valence electrons. The van der Waals surface area contributed by atoms with E-state index in [-0.39, 0.29) is 11.7 Å². The van der Waals surface area contributed by atoms with Crippen LogP contribution in [0.4, 0.5) is 15.8 Å². The zero-order valence-corrected chi connectivity index (χ0v) is 17.8. The van der Waals surface area contributed by atoms with E-state index in [1.807, 2.05) is 41.3 Å². The predicted molar refractivity (Wildman–Crippen MR) is 125 cm³/mol. The minimum absolute atomic E-state index is 0.341. The number of amides is 1. The summed E-state index contributed by atoms with van der Waals surface area (Å²) < 4.78 is 26.0. The van der Waals surface area contributed by atoms with E-state index >= 15 is 0 Å². The normalized spacial score (nSPS) is 13.7. The number of carbonyl (C=O) groups is 1. The zero-order valence-electron chi connectivity index (χ0n) is 17.8. The molecule has 1 aliphatic rings. The van der Waals surface area contributed by atoms with Crippen molar-refractivity contribution in [3.63, 3.8) is 0 Å². The molecule has 1 aliphatic heterocycles. The number of ether oxygens (including phenoxy) is 1. The number of nitrogens with zero attached hydrogens (tertiary/aromatic N) is 2. The lowest BCUT2D eigenvalue weighted by Crippen LogP contribution is -2.36. The number of hydrogen-bond acceptors (Lipinski definition) is 5. The lowest BCUT2D eigenvalue weighted by Gasteiger charge is -2.29. The number of morpholine rings is 1. The summed E-state index contributed by atoms with van der Waals surface area (Å²) in [6, 6.07) is 21.4. The van der Waals surface area contributed by atoms with Gasteiger partial charge in [0, 0.05) is 29.9 Å². The van der Waals surface area contributed by atoms with Crippen LogP contribution in [-0.4, -0.2) is 37.2 Å². The quantitative estimate of drug-likeness (QED) is 0.457. The van der Waals surface area contributed by atoms with Crippen molar-refractivity contribution in [3.8, 4) is 22.8 Å². The monoisotopic (exact) mass is 443 g/mol. The SMILES string of the molecule is O=C(Nc1ccc(N2CCOCC2)c(F)c1)c1ccccc1-c1ncc(-c2ccccc2)o1. The van der Waals surface area contributed by atoms with Gasteiger partial charge in [-0.3, -0.25) is 4.79 Å². The van der Waals surface area contributed by atoms with E-state index in [4.69, 9.17) is 9.15 Å². The van der Waals surface area contributed by atoms with Crippen molar-refractivity contribution in [1.82, 2.24) is 4.98 Å². The predicted octanol–water partition coefficient (Wildman–Crippen LogP) is 5.24. The van der Waals surface area contributed by atoms with Crippen LogP contribution >= 0.6 is 0 Å². The van der Waals surface area contributed by atoms with Crippen molar-refractivity contribution in [2.75, 3.05) is 36.5 Å². The Morgan fingerprint density at radius 3 is 2.52 bits per heavy atom. The Labute approximate surface area is 190 Å². The van der Waals surface area contributed by atoms with Gasteiger partial charge in [0.25, 0.3) is 5.91 Å². The average Bonchev–Trinajstić information content (AvgIpc) is 3.35. The summed E-state index contributed by atoms with van der Waals surface area (Å²) in [6.45, 7) is 2.41.